The summed E-state index contributed by atoms with van der Waals surface area (Å²) < 4.78 is 5.19. The van der Waals surface area contributed by atoms with Gasteiger partial charge < -0.3 is 9.80 Å². The van der Waals surface area contributed by atoms with Crippen molar-refractivity contribution >= 4 is 135 Å². The van der Waals surface area contributed by atoms with E-state index >= 15 is 0 Å². The van der Waals surface area contributed by atoms with Crippen molar-refractivity contribution in [2.24, 2.45) is 0 Å². The molecule has 1 aliphatic rings. The van der Waals surface area contributed by atoms with Crippen molar-refractivity contribution < 1.29 is 0 Å². The second-order valence-electron chi connectivity index (χ2n) is 21.2. The van der Waals surface area contributed by atoms with Gasteiger partial charge in [0, 0.05) is 58.5 Å². The highest BCUT2D eigenvalue weighted by molar-refractivity contribution is 7.27. The molecule has 1 aliphatic carbocycles. The monoisotopic (exact) mass is 986 g/mol. The molecule has 11 aromatic carbocycles. The van der Waals surface area contributed by atoms with Crippen LogP contribution < -0.4 is 9.80 Å². The Morgan fingerprint density at radius 1 is 0.405 bits per heavy atom. The summed E-state index contributed by atoms with van der Waals surface area (Å²) in [4.78, 5) is 5.13. The Balaban J connectivity index is 1.10. The lowest BCUT2D eigenvalue weighted by molar-refractivity contribution is 0.591. The number of anilines is 6. The molecular weight excluding hydrogens is 933 g/mol. The normalized spacial score (nSPS) is 13.3. The summed E-state index contributed by atoms with van der Waals surface area (Å²) in [5.74, 6) is 0. The number of hydrogen-bond acceptors (Lipinski definition) is 4. The zero-order valence-electron chi connectivity index (χ0n) is 42.3. The van der Waals surface area contributed by atoms with E-state index in [4.69, 9.17) is 0 Å². The molecule has 0 unspecified atom stereocenters. The van der Waals surface area contributed by atoms with Crippen LogP contribution in [-0.4, -0.2) is 0 Å². The topological polar surface area (TPSA) is 6.48 Å². The van der Waals surface area contributed by atoms with E-state index in [1.165, 1.54) is 117 Å². The first kappa shape index (κ1) is 44.7. The summed E-state index contributed by atoms with van der Waals surface area (Å²) in [6.45, 7) is 11.5. The van der Waals surface area contributed by atoms with Gasteiger partial charge in [-0.3, -0.25) is 0 Å². The van der Waals surface area contributed by atoms with Crippen molar-refractivity contribution in [1.29, 1.82) is 0 Å². The number of allylic oxidation sites excluding steroid dienone is 4. The van der Waals surface area contributed by atoms with E-state index in [1.54, 1.807) is 0 Å². The standard InChI is InChI=1S/C70H54N2S2/c1-43-20-12-14-26-50(43)52-28-16-30-54-56-32-18-34-60(68(56)73-66(52)54)71(48-22-8-6-9-23-48)62-42-63(59-39-37-46-41-47(70(3,4)5)40-45-36-38-58(62)65(59)64(45)46)72(49-24-10-7-11-25-49)61-35-19-33-57-55-31-17-29-53(67(55)74-69(57)61)51-27-15-13-21-44(51)2/h6-12,14-20,22-42H,13,21H2,1-5H3. The minimum Gasteiger partial charge on any atom is -0.308 e. The molecule has 74 heavy (non-hydrogen) atoms. The lowest BCUT2D eigenvalue weighted by Gasteiger charge is -2.33. The molecule has 356 valence electrons. The largest absolute Gasteiger partial charge is 0.308 e. The first-order valence-corrected chi connectivity index (χ1v) is 27.6. The first-order chi connectivity index (χ1) is 36.2. The number of hydrogen-bond donors (Lipinski definition) is 0. The highest BCUT2D eigenvalue weighted by Gasteiger charge is 2.29. The average molecular weight is 987 g/mol. The maximum Gasteiger partial charge on any atom is 0.0640 e. The Bertz CT molecular complexity index is 4410. The van der Waals surface area contributed by atoms with Gasteiger partial charge in [-0.05, 0) is 124 Å². The van der Waals surface area contributed by atoms with Crippen molar-refractivity contribution in [1.82, 2.24) is 0 Å². The summed E-state index contributed by atoms with van der Waals surface area (Å²) in [6, 6.07) is 75.5. The van der Waals surface area contributed by atoms with Crippen LogP contribution in [0.1, 0.15) is 57.2 Å². The zero-order valence-corrected chi connectivity index (χ0v) is 44.0. The van der Waals surface area contributed by atoms with Crippen LogP contribution in [0, 0.1) is 6.92 Å². The Morgan fingerprint density at radius 3 is 1.43 bits per heavy atom. The van der Waals surface area contributed by atoms with Crippen LogP contribution >= 0.6 is 22.7 Å². The maximum atomic E-state index is 2.57. The molecule has 0 saturated heterocycles. The Hall–Kier alpha value is -8.02. The molecule has 4 heteroatoms. The minimum atomic E-state index is -0.0116. The number of aryl methyl sites for hydroxylation is 1. The van der Waals surface area contributed by atoms with E-state index in [0.717, 1.165) is 41.3 Å². The van der Waals surface area contributed by atoms with Gasteiger partial charge in [-0.2, -0.15) is 0 Å². The predicted molar refractivity (Wildman–Crippen MR) is 325 cm³/mol. The quantitative estimate of drug-likeness (QED) is 0.140. The molecular formula is C70H54N2S2. The molecule has 2 nitrogen and oxygen atoms in total. The molecule has 0 saturated carbocycles. The molecule has 0 spiro atoms. The molecule has 13 aromatic rings. The van der Waals surface area contributed by atoms with Gasteiger partial charge in [-0.1, -0.05) is 196 Å². The molecule has 0 fully saturated rings. The molecule has 0 N–H and O–H groups in total. The highest BCUT2D eigenvalue weighted by atomic mass is 32.1. The van der Waals surface area contributed by atoms with E-state index in [1.807, 2.05) is 22.7 Å². The molecule has 14 rings (SSSR count). The molecule has 0 atom stereocenters. The molecule has 2 heterocycles. The van der Waals surface area contributed by atoms with Crippen molar-refractivity contribution in [3.05, 3.63) is 235 Å². The second-order valence-corrected chi connectivity index (χ2v) is 23.3. The van der Waals surface area contributed by atoms with Gasteiger partial charge >= 0.3 is 0 Å². The van der Waals surface area contributed by atoms with E-state index in [2.05, 4.69) is 257 Å². The van der Waals surface area contributed by atoms with Crippen molar-refractivity contribution in [2.75, 3.05) is 9.80 Å². The number of benzene rings is 11. The van der Waals surface area contributed by atoms with Gasteiger partial charge in [0.25, 0.3) is 0 Å². The van der Waals surface area contributed by atoms with Crippen LogP contribution in [0.3, 0.4) is 0 Å². The lowest BCUT2D eigenvalue weighted by atomic mass is 9.83. The van der Waals surface area contributed by atoms with Gasteiger partial charge in [0.15, 0.2) is 0 Å². The fraction of sp³-hybridized carbons (Fsp3) is 0.114. The van der Waals surface area contributed by atoms with Gasteiger partial charge in [-0.25, -0.2) is 0 Å². The third-order valence-electron chi connectivity index (χ3n) is 15.7. The number of rotatable bonds is 8. The van der Waals surface area contributed by atoms with Crippen LogP contribution in [-0.2, 0) is 5.41 Å². The molecule has 0 radical (unpaired) electrons. The molecule has 2 aromatic heterocycles. The number of nitrogens with zero attached hydrogens (tertiary/aromatic N) is 2. The molecule has 0 amide bonds. The smallest absolute Gasteiger partial charge is 0.0640 e. The third-order valence-corrected chi connectivity index (χ3v) is 18.2. The Kier molecular flexibility index (Phi) is 10.4. The number of para-hydroxylation sites is 2. The van der Waals surface area contributed by atoms with Crippen LogP contribution in [0.25, 0.3) is 89.4 Å². The average Bonchev–Trinajstić information content (AvgIpc) is 4.02. The predicted octanol–water partition coefficient (Wildman–Crippen LogP) is 21.7. The van der Waals surface area contributed by atoms with E-state index < -0.39 is 0 Å². The summed E-state index contributed by atoms with van der Waals surface area (Å²) in [5.41, 5.74) is 16.1. The summed E-state index contributed by atoms with van der Waals surface area (Å²) in [7, 11) is 0. The highest BCUT2D eigenvalue weighted by Crippen LogP contribution is 2.55. The zero-order chi connectivity index (χ0) is 49.8. The number of thiophene rings is 2. The van der Waals surface area contributed by atoms with E-state index in [0.29, 0.717) is 0 Å². The van der Waals surface area contributed by atoms with Crippen LogP contribution in [0.15, 0.2) is 218 Å². The summed E-state index contributed by atoms with van der Waals surface area (Å²) in [6.07, 6.45) is 6.89. The Morgan fingerprint density at radius 2 is 0.892 bits per heavy atom. The summed E-state index contributed by atoms with van der Waals surface area (Å²) in [5, 5.41) is 12.7. The van der Waals surface area contributed by atoms with E-state index in [-0.39, 0.29) is 5.41 Å². The molecule has 0 bridgehead atoms. The van der Waals surface area contributed by atoms with Crippen molar-refractivity contribution in [2.45, 2.75) is 52.9 Å². The second kappa shape index (κ2) is 17.3. The lowest BCUT2D eigenvalue weighted by Crippen LogP contribution is -2.15. The van der Waals surface area contributed by atoms with Crippen LogP contribution in [0.2, 0.25) is 0 Å². The van der Waals surface area contributed by atoms with Gasteiger partial charge in [0.1, 0.15) is 0 Å². The minimum absolute atomic E-state index is 0.0116. The summed E-state index contributed by atoms with van der Waals surface area (Å²) >= 11 is 3.85. The van der Waals surface area contributed by atoms with Crippen molar-refractivity contribution in [3.63, 3.8) is 0 Å². The van der Waals surface area contributed by atoms with Crippen LogP contribution in [0.5, 0.6) is 0 Å². The SMILES string of the molecule is CC1=C(c2cccc3c2sc2c(N(c4ccccc4)c4cc(N(c5ccccc5)c5cccc6c5sc5c(-c7ccccc7C)cccc56)c5ccc6cc(C(C)(C)C)cc7ccc4c5c76)cccc23)C=CCC1. The van der Waals surface area contributed by atoms with Gasteiger partial charge in [0.2, 0.25) is 0 Å². The fourth-order valence-corrected chi connectivity index (χ4v) is 14.7. The Labute approximate surface area is 440 Å². The van der Waals surface area contributed by atoms with Crippen molar-refractivity contribution in [3.8, 4) is 11.1 Å². The molecule has 0 aliphatic heterocycles. The third kappa shape index (κ3) is 7.03. The maximum absolute atomic E-state index is 2.57. The fourth-order valence-electron chi connectivity index (χ4n) is 12.0. The number of fused-ring (bicyclic) bond motifs is 6. The van der Waals surface area contributed by atoms with Crippen LogP contribution in [0.4, 0.5) is 34.1 Å². The first-order valence-electron chi connectivity index (χ1n) is 26.0. The van der Waals surface area contributed by atoms with E-state index in [9.17, 15) is 0 Å². The van der Waals surface area contributed by atoms with Gasteiger partial charge in [0.05, 0.1) is 32.1 Å². The van der Waals surface area contributed by atoms with Gasteiger partial charge in [-0.15, -0.1) is 22.7 Å².